The van der Waals surface area contributed by atoms with Crippen LogP contribution in [0.25, 0.3) is 0 Å². The highest BCUT2D eigenvalue weighted by molar-refractivity contribution is 5.14. The molecule has 14 heavy (non-hydrogen) atoms. The van der Waals surface area contributed by atoms with Crippen LogP contribution < -0.4 is 5.32 Å². The van der Waals surface area contributed by atoms with Gasteiger partial charge in [-0.2, -0.15) is 0 Å². The SMILES string of the molecule is CC(O)CCCNCc1ccccc1. The standard InChI is InChI=1S/C12H19NO/c1-11(14)6-5-9-13-10-12-7-3-2-4-8-12/h2-4,7-8,11,13-14H,5-6,9-10H2,1H3. The van der Waals surface area contributed by atoms with Gasteiger partial charge in [-0.05, 0) is 31.9 Å². The van der Waals surface area contributed by atoms with E-state index < -0.39 is 0 Å². The molecule has 1 unspecified atom stereocenters. The van der Waals surface area contributed by atoms with Crippen LogP contribution in [0.4, 0.5) is 0 Å². The normalized spacial score (nSPS) is 12.7. The summed E-state index contributed by atoms with van der Waals surface area (Å²) in [7, 11) is 0. The highest BCUT2D eigenvalue weighted by atomic mass is 16.3. The van der Waals surface area contributed by atoms with Gasteiger partial charge in [-0.1, -0.05) is 30.3 Å². The van der Waals surface area contributed by atoms with E-state index >= 15 is 0 Å². The van der Waals surface area contributed by atoms with Crippen LogP contribution >= 0.6 is 0 Å². The molecular formula is C12H19NO. The second-order valence-electron chi connectivity index (χ2n) is 3.65. The quantitative estimate of drug-likeness (QED) is 0.677. The largest absolute Gasteiger partial charge is 0.393 e. The molecule has 0 spiro atoms. The lowest BCUT2D eigenvalue weighted by Crippen LogP contribution is -2.16. The number of aliphatic hydroxyl groups excluding tert-OH is 1. The molecule has 2 nitrogen and oxygen atoms in total. The fraction of sp³-hybridized carbons (Fsp3) is 0.500. The summed E-state index contributed by atoms with van der Waals surface area (Å²) in [5, 5.41) is 12.4. The summed E-state index contributed by atoms with van der Waals surface area (Å²) >= 11 is 0. The van der Waals surface area contributed by atoms with E-state index in [2.05, 4.69) is 17.4 Å². The number of hydrogen-bond acceptors (Lipinski definition) is 2. The molecule has 2 heteroatoms. The molecule has 1 atom stereocenters. The van der Waals surface area contributed by atoms with Gasteiger partial charge in [0.2, 0.25) is 0 Å². The summed E-state index contributed by atoms with van der Waals surface area (Å²) in [6.45, 7) is 3.72. The van der Waals surface area contributed by atoms with Gasteiger partial charge in [0.25, 0.3) is 0 Å². The minimum Gasteiger partial charge on any atom is -0.393 e. The number of hydrogen-bond donors (Lipinski definition) is 2. The van der Waals surface area contributed by atoms with Crippen molar-refractivity contribution in [2.45, 2.75) is 32.4 Å². The van der Waals surface area contributed by atoms with E-state index in [1.54, 1.807) is 0 Å². The van der Waals surface area contributed by atoms with Crippen molar-refractivity contribution in [3.05, 3.63) is 35.9 Å². The maximum atomic E-state index is 9.04. The molecule has 1 aromatic rings. The molecule has 0 bridgehead atoms. The summed E-state index contributed by atoms with van der Waals surface area (Å²) in [6.07, 6.45) is 1.74. The fourth-order valence-electron chi connectivity index (χ4n) is 1.35. The zero-order chi connectivity index (χ0) is 10.2. The monoisotopic (exact) mass is 193 g/mol. The Labute approximate surface area is 86.0 Å². The summed E-state index contributed by atoms with van der Waals surface area (Å²) < 4.78 is 0. The van der Waals surface area contributed by atoms with E-state index in [4.69, 9.17) is 5.11 Å². The molecule has 0 heterocycles. The summed E-state index contributed by atoms with van der Waals surface area (Å²) in [5.41, 5.74) is 1.31. The molecule has 0 aliphatic carbocycles. The first kappa shape index (κ1) is 11.2. The molecule has 0 fully saturated rings. The van der Waals surface area contributed by atoms with Crippen molar-refractivity contribution in [3.8, 4) is 0 Å². The van der Waals surface area contributed by atoms with Crippen LogP contribution in [0.15, 0.2) is 30.3 Å². The van der Waals surface area contributed by atoms with Crippen LogP contribution in [0.1, 0.15) is 25.3 Å². The van der Waals surface area contributed by atoms with E-state index in [9.17, 15) is 0 Å². The minimum absolute atomic E-state index is 0.173. The van der Waals surface area contributed by atoms with E-state index in [0.29, 0.717) is 0 Å². The van der Waals surface area contributed by atoms with E-state index in [-0.39, 0.29) is 6.10 Å². The van der Waals surface area contributed by atoms with Crippen molar-refractivity contribution in [3.63, 3.8) is 0 Å². The predicted molar refractivity (Wildman–Crippen MR) is 59.1 cm³/mol. The number of aliphatic hydroxyl groups is 1. The van der Waals surface area contributed by atoms with Gasteiger partial charge in [-0.25, -0.2) is 0 Å². The van der Waals surface area contributed by atoms with E-state index in [1.807, 2.05) is 25.1 Å². The lowest BCUT2D eigenvalue weighted by atomic mass is 10.2. The third-order valence-corrected chi connectivity index (χ3v) is 2.15. The Morgan fingerprint density at radius 2 is 2.00 bits per heavy atom. The van der Waals surface area contributed by atoms with Crippen molar-refractivity contribution < 1.29 is 5.11 Å². The minimum atomic E-state index is -0.173. The Balaban J connectivity index is 2.05. The molecule has 2 N–H and O–H groups in total. The van der Waals surface area contributed by atoms with Crippen LogP contribution in [-0.4, -0.2) is 17.8 Å². The summed E-state index contributed by atoms with van der Waals surface area (Å²) in [5.74, 6) is 0. The third kappa shape index (κ3) is 5.00. The van der Waals surface area contributed by atoms with Gasteiger partial charge in [0.05, 0.1) is 6.10 Å². The van der Waals surface area contributed by atoms with Crippen molar-refractivity contribution in [2.24, 2.45) is 0 Å². The average Bonchev–Trinajstić information content (AvgIpc) is 2.18. The zero-order valence-electron chi connectivity index (χ0n) is 8.74. The number of benzene rings is 1. The maximum Gasteiger partial charge on any atom is 0.0512 e. The third-order valence-electron chi connectivity index (χ3n) is 2.15. The Bertz CT molecular complexity index is 233. The Hall–Kier alpha value is -0.860. The Morgan fingerprint density at radius 1 is 1.29 bits per heavy atom. The first-order valence-electron chi connectivity index (χ1n) is 5.22. The lowest BCUT2D eigenvalue weighted by molar-refractivity contribution is 0.181. The van der Waals surface area contributed by atoms with E-state index in [0.717, 1.165) is 25.9 Å². The molecule has 0 amide bonds. The van der Waals surface area contributed by atoms with Gasteiger partial charge >= 0.3 is 0 Å². The molecule has 0 saturated carbocycles. The van der Waals surface area contributed by atoms with Gasteiger partial charge in [0, 0.05) is 6.54 Å². The number of nitrogens with one attached hydrogen (secondary N) is 1. The first-order chi connectivity index (χ1) is 6.79. The molecule has 1 rings (SSSR count). The van der Waals surface area contributed by atoms with Crippen molar-refractivity contribution in [2.75, 3.05) is 6.54 Å². The second-order valence-corrected chi connectivity index (χ2v) is 3.65. The topological polar surface area (TPSA) is 32.3 Å². The van der Waals surface area contributed by atoms with E-state index in [1.165, 1.54) is 5.56 Å². The second kappa shape index (κ2) is 6.57. The van der Waals surface area contributed by atoms with Crippen LogP contribution in [0.3, 0.4) is 0 Å². The molecule has 0 saturated heterocycles. The van der Waals surface area contributed by atoms with Crippen molar-refractivity contribution >= 4 is 0 Å². The van der Waals surface area contributed by atoms with Crippen LogP contribution in [-0.2, 0) is 6.54 Å². The van der Waals surface area contributed by atoms with Gasteiger partial charge in [-0.3, -0.25) is 0 Å². The van der Waals surface area contributed by atoms with Gasteiger partial charge < -0.3 is 10.4 Å². The predicted octanol–water partition coefficient (Wildman–Crippen LogP) is 1.94. The highest BCUT2D eigenvalue weighted by Crippen LogP contribution is 1.98. The van der Waals surface area contributed by atoms with Gasteiger partial charge in [0.15, 0.2) is 0 Å². The highest BCUT2D eigenvalue weighted by Gasteiger charge is 1.95. The molecule has 0 aromatic heterocycles. The Kier molecular flexibility index (Phi) is 5.27. The van der Waals surface area contributed by atoms with Crippen molar-refractivity contribution in [1.29, 1.82) is 0 Å². The molecular weight excluding hydrogens is 174 g/mol. The molecule has 0 aliphatic rings. The lowest BCUT2D eigenvalue weighted by Gasteiger charge is -2.06. The zero-order valence-corrected chi connectivity index (χ0v) is 8.74. The maximum absolute atomic E-state index is 9.04. The number of rotatable bonds is 6. The fourth-order valence-corrected chi connectivity index (χ4v) is 1.35. The molecule has 0 radical (unpaired) electrons. The first-order valence-corrected chi connectivity index (χ1v) is 5.22. The van der Waals surface area contributed by atoms with Crippen molar-refractivity contribution in [1.82, 2.24) is 5.32 Å². The molecule has 0 aliphatic heterocycles. The summed E-state index contributed by atoms with van der Waals surface area (Å²) in [4.78, 5) is 0. The average molecular weight is 193 g/mol. The van der Waals surface area contributed by atoms with Gasteiger partial charge in [-0.15, -0.1) is 0 Å². The molecule has 78 valence electrons. The Morgan fingerprint density at radius 3 is 2.64 bits per heavy atom. The smallest absolute Gasteiger partial charge is 0.0512 e. The molecule has 1 aromatic carbocycles. The van der Waals surface area contributed by atoms with Crippen LogP contribution in [0.5, 0.6) is 0 Å². The van der Waals surface area contributed by atoms with Crippen LogP contribution in [0.2, 0.25) is 0 Å². The van der Waals surface area contributed by atoms with Gasteiger partial charge in [0.1, 0.15) is 0 Å². The van der Waals surface area contributed by atoms with Crippen LogP contribution in [0, 0.1) is 0 Å². The summed E-state index contributed by atoms with van der Waals surface area (Å²) in [6, 6.07) is 10.3.